The molecule has 2 nitrogen and oxygen atoms in total. The second-order valence-electron chi connectivity index (χ2n) is 3.75. The third-order valence-corrected chi connectivity index (χ3v) is 2.59. The Morgan fingerprint density at radius 3 is 2.92 bits per heavy atom. The Morgan fingerprint density at radius 1 is 1.77 bits per heavy atom. The first-order chi connectivity index (χ1) is 6.09. The van der Waals surface area contributed by atoms with Crippen molar-refractivity contribution >= 4 is 5.97 Å². The van der Waals surface area contributed by atoms with E-state index >= 15 is 0 Å². The second kappa shape index (κ2) is 4.26. The van der Waals surface area contributed by atoms with E-state index in [1.165, 1.54) is 5.57 Å². The first-order valence-electron chi connectivity index (χ1n) is 4.64. The molecule has 0 aromatic heterocycles. The number of carboxylic acid groups (broad SMARTS) is 1. The van der Waals surface area contributed by atoms with Crippen molar-refractivity contribution in [3.8, 4) is 0 Å². The highest BCUT2D eigenvalue weighted by Gasteiger charge is 2.16. The Morgan fingerprint density at radius 2 is 2.46 bits per heavy atom. The molecule has 1 unspecified atom stereocenters. The number of carbonyl (C=O) groups is 1. The van der Waals surface area contributed by atoms with E-state index in [0.29, 0.717) is 5.92 Å². The molecule has 0 amide bonds. The summed E-state index contributed by atoms with van der Waals surface area (Å²) in [5, 5.41) is 8.59. The van der Waals surface area contributed by atoms with Gasteiger partial charge in [-0.1, -0.05) is 23.8 Å². The number of hydrogen-bond acceptors (Lipinski definition) is 1. The molecule has 1 atom stereocenters. The highest BCUT2D eigenvalue weighted by Crippen LogP contribution is 2.29. The van der Waals surface area contributed by atoms with Gasteiger partial charge in [0.2, 0.25) is 0 Å². The molecule has 1 aliphatic rings. The average Bonchev–Trinajstić information content (AvgIpc) is 2.04. The van der Waals surface area contributed by atoms with Gasteiger partial charge >= 0.3 is 5.97 Å². The summed E-state index contributed by atoms with van der Waals surface area (Å²) < 4.78 is 0. The first-order valence-corrected chi connectivity index (χ1v) is 4.64. The molecule has 72 valence electrons. The van der Waals surface area contributed by atoms with Gasteiger partial charge in [-0.05, 0) is 32.1 Å². The minimum absolute atomic E-state index is 0.123. The summed E-state index contributed by atoms with van der Waals surface area (Å²) in [5.41, 5.74) is 2.29. The topological polar surface area (TPSA) is 37.3 Å². The molecule has 1 N–H and O–H groups in total. The molecule has 0 saturated carbocycles. The van der Waals surface area contributed by atoms with Gasteiger partial charge in [-0.3, -0.25) is 4.79 Å². The maximum Gasteiger partial charge on any atom is 0.307 e. The Hall–Kier alpha value is -1.05. The molecule has 13 heavy (non-hydrogen) atoms. The molecule has 1 aliphatic carbocycles. The van der Waals surface area contributed by atoms with Gasteiger partial charge in [-0.25, -0.2) is 0 Å². The number of carboxylic acids is 1. The van der Waals surface area contributed by atoms with E-state index in [4.69, 9.17) is 5.11 Å². The van der Waals surface area contributed by atoms with Gasteiger partial charge in [0.25, 0.3) is 0 Å². The molecule has 0 radical (unpaired) electrons. The van der Waals surface area contributed by atoms with Crippen LogP contribution in [0, 0.1) is 5.92 Å². The van der Waals surface area contributed by atoms with Crippen LogP contribution in [0.5, 0.6) is 0 Å². The maximum absolute atomic E-state index is 10.4. The molecular weight excluding hydrogens is 164 g/mol. The lowest BCUT2D eigenvalue weighted by atomic mass is 9.84. The molecule has 0 saturated heterocycles. The maximum atomic E-state index is 10.4. The van der Waals surface area contributed by atoms with Gasteiger partial charge in [0.05, 0.1) is 6.42 Å². The van der Waals surface area contributed by atoms with Crippen molar-refractivity contribution in [3.63, 3.8) is 0 Å². The highest BCUT2D eigenvalue weighted by atomic mass is 16.4. The summed E-state index contributed by atoms with van der Waals surface area (Å²) in [6.45, 7) is 5.95. The first kappa shape index (κ1) is 10.0. The van der Waals surface area contributed by atoms with E-state index in [0.717, 1.165) is 24.8 Å². The number of allylic oxidation sites excluding steroid dienone is 2. The summed E-state index contributed by atoms with van der Waals surface area (Å²) >= 11 is 0. The fraction of sp³-hybridized carbons (Fsp3) is 0.545. The van der Waals surface area contributed by atoms with E-state index < -0.39 is 5.97 Å². The summed E-state index contributed by atoms with van der Waals surface area (Å²) in [7, 11) is 0. The third-order valence-electron chi connectivity index (χ3n) is 2.59. The molecule has 0 bridgehead atoms. The second-order valence-corrected chi connectivity index (χ2v) is 3.75. The van der Waals surface area contributed by atoms with Crippen molar-refractivity contribution in [2.75, 3.05) is 0 Å². The SMILES string of the molecule is C=C(CC(=O)O)C1CC=C(C)CC1. The third kappa shape index (κ3) is 3.05. The summed E-state index contributed by atoms with van der Waals surface area (Å²) in [5.74, 6) is -0.379. The molecule has 0 aliphatic heterocycles. The van der Waals surface area contributed by atoms with Crippen LogP contribution in [0.25, 0.3) is 0 Å². The predicted octanol–water partition coefficient (Wildman–Crippen LogP) is 2.76. The average molecular weight is 180 g/mol. The molecule has 1 rings (SSSR count). The molecule has 0 heterocycles. The zero-order valence-corrected chi connectivity index (χ0v) is 8.05. The minimum Gasteiger partial charge on any atom is -0.481 e. The van der Waals surface area contributed by atoms with Crippen LogP contribution in [0.3, 0.4) is 0 Å². The predicted molar refractivity (Wildman–Crippen MR) is 52.5 cm³/mol. The molecular formula is C11H16O2. The lowest BCUT2D eigenvalue weighted by molar-refractivity contribution is -0.136. The van der Waals surface area contributed by atoms with E-state index in [1.54, 1.807) is 0 Å². The van der Waals surface area contributed by atoms with Crippen molar-refractivity contribution in [3.05, 3.63) is 23.8 Å². The van der Waals surface area contributed by atoms with Crippen LogP contribution in [-0.2, 0) is 4.79 Å². The van der Waals surface area contributed by atoms with Crippen molar-refractivity contribution in [1.29, 1.82) is 0 Å². The quantitative estimate of drug-likeness (QED) is 0.678. The van der Waals surface area contributed by atoms with Crippen LogP contribution >= 0.6 is 0 Å². The van der Waals surface area contributed by atoms with E-state index in [1.807, 2.05) is 0 Å². The highest BCUT2D eigenvalue weighted by molar-refractivity contribution is 5.69. The number of aliphatic carboxylic acids is 1. The van der Waals surface area contributed by atoms with Crippen LogP contribution in [0.1, 0.15) is 32.6 Å². The summed E-state index contributed by atoms with van der Waals surface area (Å²) in [4.78, 5) is 10.4. The fourth-order valence-corrected chi connectivity index (χ4v) is 1.67. The van der Waals surface area contributed by atoms with Crippen LogP contribution in [0.15, 0.2) is 23.8 Å². The van der Waals surface area contributed by atoms with Gasteiger partial charge in [0, 0.05) is 0 Å². The monoisotopic (exact) mass is 180 g/mol. The summed E-state index contributed by atoms with van der Waals surface area (Å²) in [6, 6.07) is 0. The molecule has 0 aromatic carbocycles. The molecule has 0 fully saturated rings. The lowest BCUT2D eigenvalue weighted by Gasteiger charge is -2.21. The standard InChI is InChI=1S/C11H16O2/c1-8-3-5-10(6-4-8)9(2)7-11(12)13/h3,10H,2,4-7H2,1H3,(H,12,13). The minimum atomic E-state index is -0.767. The van der Waals surface area contributed by atoms with Crippen molar-refractivity contribution in [2.45, 2.75) is 32.6 Å². The Kier molecular flexibility index (Phi) is 3.29. The summed E-state index contributed by atoms with van der Waals surface area (Å²) in [6.07, 6.45) is 5.44. The molecule has 2 heteroatoms. The van der Waals surface area contributed by atoms with Gasteiger partial charge in [0.1, 0.15) is 0 Å². The van der Waals surface area contributed by atoms with E-state index in [9.17, 15) is 4.79 Å². The Balaban J connectivity index is 2.46. The Bertz CT molecular complexity index is 251. The largest absolute Gasteiger partial charge is 0.481 e. The zero-order chi connectivity index (χ0) is 9.84. The lowest BCUT2D eigenvalue weighted by Crippen LogP contribution is -2.10. The normalized spacial score (nSPS) is 22.2. The van der Waals surface area contributed by atoms with E-state index in [-0.39, 0.29) is 6.42 Å². The molecule has 0 aromatic rings. The Labute approximate surface area is 79.0 Å². The fourth-order valence-electron chi connectivity index (χ4n) is 1.67. The zero-order valence-electron chi connectivity index (χ0n) is 8.05. The van der Waals surface area contributed by atoms with Crippen LogP contribution < -0.4 is 0 Å². The van der Waals surface area contributed by atoms with Crippen molar-refractivity contribution in [2.24, 2.45) is 5.92 Å². The molecule has 0 spiro atoms. The van der Waals surface area contributed by atoms with Crippen LogP contribution in [0.2, 0.25) is 0 Å². The van der Waals surface area contributed by atoms with Crippen LogP contribution in [0.4, 0.5) is 0 Å². The van der Waals surface area contributed by atoms with Crippen molar-refractivity contribution < 1.29 is 9.90 Å². The smallest absolute Gasteiger partial charge is 0.307 e. The van der Waals surface area contributed by atoms with E-state index in [2.05, 4.69) is 19.6 Å². The van der Waals surface area contributed by atoms with Crippen LogP contribution in [-0.4, -0.2) is 11.1 Å². The van der Waals surface area contributed by atoms with Gasteiger partial charge in [-0.2, -0.15) is 0 Å². The van der Waals surface area contributed by atoms with Gasteiger partial charge in [0.15, 0.2) is 0 Å². The van der Waals surface area contributed by atoms with Gasteiger partial charge in [-0.15, -0.1) is 0 Å². The van der Waals surface area contributed by atoms with Gasteiger partial charge < -0.3 is 5.11 Å². The number of rotatable bonds is 3. The van der Waals surface area contributed by atoms with Crippen molar-refractivity contribution in [1.82, 2.24) is 0 Å². The number of hydrogen-bond donors (Lipinski definition) is 1.